The van der Waals surface area contributed by atoms with Crippen molar-refractivity contribution in [3.05, 3.63) is 57.3 Å². The van der Waals surface area contributed by atoms with Crippen LogP contribution in [0.15, 0.2) is 35.7 Å². The third-order valence-electron chi connectivity index (χ3n) is 3.84. The first-order valence-corrected chi connectivity index (χ1v) is 7.94. The second-order valence-electron chi connectivity index (χ2n) is 5.14. The van der Waals surface area contributed by atoms with E-state index in [-0.39, 0.29) is 12.0 Å². The molecule has 1 aliphatic carbocycles. The molecule has 1 aromatic carbocycles. The predicted octanol–water partition coefficient (Wildman–Crippen LogP) is 2.95. The van der Waals surface area contributed by atoms with E-state index in [0.717, 1.165) is 24.8 Å². The smallest absolute Gasteiger partial charge is 0.275 e. The van der Waals surface area contributed by atoms with Gasteiger partial charge < -0.3 is 4.74 Å². The minimum atomic E-state index is -0.257. The molecular weight excluding hydrogens is 284 g/mol. The number of thiophene rings is 1. The Hall–Kier alpha value is -1.69. The number of nitrogen functional groups attached to an aromatic ring is 1. The molecule has 110 valence electrons. The maximum atomic E-state index is 11.7. The molecule has 3 N–H and O–H groups in total. The minimum absolute atomic E-state index is 0.114. The van der Waals surface area contributed by atoms with Crippen molar-refractivity contribution in [3.63, 3.8) is 0 Å². The van der Waals surface area contributed by atoms with Gasteiger partial charge in [0.15, 0.2) is 0 Å². The van der Waals surface area contributed by atoms with Crippen LogP contribution in [0.2, 0.25) is 0 Å². The summed E-state index contributed by atoms with van der Waals surface area (Å²) in [6.07, 6.45) is 3.40. The largest absolute Gasteiger partial charge is 0.369 e. The highest BCUT2D eigenvalue weighted by Crippen LogP contribution is 2.33. The van der Waals surface area contributed by atoms with E-state index in [9.17, 15) is 4.79 Å². The average Bonchev–Trinajstić information content (AvgIpc) is 3.00. The Balaban J connectivity index is 1.72. The predicted molar refractivity (Wildman–Crippen MR) is 82.9 cm³/mol. The maximum Gasteiger partial charge on any atom is 0.275 e. The number of hydrogen-bond acceptors (Lipinski definition) is 4. The molecule has 1 aliphatic rings. The summed E-state index contributed by atoms with van der Waals surface area (Å²) in [6.45, 7) is 0.436. The standard InChI is InChI=1S/C16H18N2O2S/c17-18-16(19)15-12(8-9-21-15)10-20-14-7-3-5-11-4-1-2-6-13(11)14/h1-2,4,6,8-9,14H,3,5,7,10,17H2,(H,18,19). The summed E-state index contributed by atoms with van der Waals surface area (Å²) in [5, 5.41) is 1.89. The van der Waals surface area contributed by atoms with Crippen molar-refractivity contribution in [2.45, 2.75) is 32.0 Å². The summed E-state index contributed by atoms with van der Waals surface area (Å²) >= 11 is 1.38. The number of nitrogens with two attached hydrogens (primary N) is 1. The number of aryl methyl sites for hydroxylation is 1. The topological polar surface area (TPSA) is 64.3 Å². The van der Waals surface area contributed by atoms with E-state index in [4.69, 9.17) is 10.6 Å². The van der Waals surface area contributed by atoms with Crippen LogP contribution >= 0.6 is 11.3 Å². The first-order chi connectivity index (χ1) is 10.3. The molecule has 5 heteroatoms. The summed E-state index contributed by atoms with van der Waals surface area (Å²) < 4.78 is 6.07. The molecule has 0 bridgehead atoms. The zero-order valence-electron chi connectivity index (χ0n) is 11.7. The van der Waals surface area contributed by atoms with Gasteiger partial charge in [0.25, 0.3) is 5.91 Å². The zero-order valence-corrected chi connectivity index (χ0v) is 12.5. The van der Waals surface area contributed by atoms with Crippen LogP contribution in [0.4, 0.5) is 0 Å². The molecule has 0 spiro atoms. The van der Waals surface area contributed by atoms with E-state index >= 15 is 0 Å². The van der Waals surface area contributed by atoms with E-state index in [0.29, 0.717) is 11.5 Å². The number of rotatable bonds is 4. The van der Waals surface area contributed by atoms with Crippen LogP contribution in [-0.2, 0) is 17.8 Å². The Morgan fingerprint density at radius 2 is 2.24 bits per heavy atom. The van der Waals surface area contributed by atoms with E-state index in [2.05, 4.69) is 29.7 Å². The lowest BCUT2D eigenvalue weighted by molar-refractivity contribution is 0.0280. The lowest BCUT2D eigenvalue weighted by Gasteiger charge is -2.25. The molecule has 1 aromatic heterocycles. The first-order valence-electron chi connectivity index (χ1n) is 7.06. The van der Waals surface area contributed by atoms with Crippen LogP contribution in [0.1, 0.15) is 45.3 Å². The van der Waals surface area contributed by atoms with Gasteiger partial charge in [0.2, 0.25) is 0 Å². The molecule has 0 fully saturated rings. The van der Waals surface area contributed by atoms with Crippen molar-refractivity contribution in [1.29, 1.82) is 0 Å². The van der Waals surface area contributed by atoms with Crippen molar-refractivity contribution >= 4 is 17.2 Å². The third kappa shape index (κ3) is 3.00. The molecule has 1 heterocycles. The van der Waals surface area contributed by atoms with Gasteiger partial charge in [0, 0.05) is 5.56 Å². The number of hydrazine groups is 1. The number of benzene rings is 1. The Labute approximate surface area is 127 Å². The highest BCUT2D eigenvalue weighted by molar-refractivity contribution is 7.12. The lowest BCUT2D eigenvalue weighted by atomic mass is 9.89. The summed E-state index contributed by atoms with van der Waals surface area (Å²) in [5.41, 5.74) is 5.73. The van der Waals surface area contributed by atoms with E-state index in [1.165, 1.54) is 22.5 Å². The molecular formula is C16H18N2O2S. The van der Waals surface area contributed by atoms with Crippen LogP contribution in [0, 0.1) is 0 Å². The number of hydrogen-bond donors (Lipinski definition) is 2. The fraction of sp³-hybridized carbons (Fsp3) is 0.312. The van der Waals surface area contributed by atoms with Gasteiger partial charge in [-0.05, 0) is 41.8 Å². The zero-order chi connectivity index (χ0) is 14.7. The van der Waals surface area contributed by atoms with Crippen molar-refractivity contribution < 1.29 is 9.53 Å². The molecule has 0 radical (unpaired) electrons. The molecule has 2 aromatic rings. The van der Waals surface area contributed by atoms with E-state index < -0.39 is 0 Å². The van der Waals surface area contributed by atoms with Gasteiger partial charge in [-0.15, -0.1) is 11.3 Å². The van der Waals surface area contributed by atoms with Gasteiger partial charge in [-0.2, -0.15) is 0 Å². The molecule has 1 amide bonds. The molecule has 1 atom stereocenters. The van der Waals surface area contributed by atoms with Crippen LogP contribution in [0.3, 0.4) is 0 Å². The summed E-state index contributed by atoms with van der Waals surface area (Å²) in [7, 11) is 0. The van der Waals surface area contributed by atoms with Crippen LogP contribution in [-0.4, -0.2) is 5.91 Å². The molecule has 3 rings (SSSR count). The number of carbonyl (C=O) groups is 1. The lowest BCUT2D eigenvalue weighted by Crippen LogP contribution is -2.30. The highest BCUT2D eigenvalue weighted by Gasteiger charge is 2.21. The number of carbonyl (C=O) groups excluding carboxylic acids is 1. The van der Waals surface area contributed by atoms with Crippen molar-refractivity contribution in [3.8, 4) is 0 Å². The van der Waals surface area contributed by atoms with Gasteiger partial charge in [-0.25, -0.2) is 5.84 Å². The van der Waals surface area contributed by atoms with Gasteiger partial charge in [0.05, 0.1) is 17.6 Å². The van der Waals surface area contributed by atoms with Gasteiger partial charge in [0.1, 0.15) is 0 Å². The molecule has 1 unspecified atom stereocenters. The fourth-order valence-electron chi connectivity index (χ4n) is 2.79. The summed E-state index contributed by atoms with van der Waals surface area (Å²) in [5.74, 6) is 4.94. The molecule has 0 saturated heterocycles. The Bertz CT molecular complexity index is 639. The Morgan fingerprint density at radius 3 is 3.10 bits per heavy atom. The third-order valence-corrected chi connectivity index (χ3v) is 4.79. The van der Waals surface area contributed by atoms with E-state index in [1.54, 1.807) is 0 Å². The van der Waals surface area contributed by atoms with Crippen molar-refractivity contribution in [2.24, 2.45) is 5.84 Å². The van der Waals surface area contributed by atoms with Gasteiger partial charge in [-0.1, -0.05) is 24.3 Å². The van der Waals surface area contributed by atoms with Gasteiger partial charge in [-0.3, -0.25) is 10.2 Å². The molecule has 0 aliphatic heterocycles. The SMILES string of the molecule is NNC(=O)c1sccc1COC1CCCc2ccccc21. The number of fused-ring (bicyclic) bond motifs is 1. The van der Waals surface area contributed by atoms with E-state index in [1.807, 2.05) is 11.4 Å². The quantitative estimate of drug-likeness (QED) is 0.518. The molecule has 4 nitrogen and oxygen atoms in total. The Kier molecular flexibility index (Phi) is 4.34. The second kappa shape index (κ2) is 6.39. The first kappa shape index (κ1) is 14.3. The minimum Gasteiger partial charge on any atom is -0.369 e. The second-order valence-corrected chi connectivity index (χ2v) is 6.06. The normalized spacial score (nSPS) is 17.3. The summed E-state index contributed by atoms with van der Waals surface area (Å²) in [4.78, 5) is 12.3. The molecule has 0 saturated carbocycles. The van der Waals surface area contributed by atoms with Gasteiger partial charge >= 0.3 is 0 Å². The van der Waals surface area contributed by atoms with Crippen molar-refractivity contribution in [1.82, 2.24) is 5.43 Å². The maximum absolute atomic E-state index is 11.7. The summed E-state index contributed by atoms with van der Waals surface area (Å²) in [6, 6.07) is 10.4. The highest BCUT2D eigenvalue weighted by atomic mass is 32.1. The van der Waals surface area contributed by atoms with Crippen LogP contribution < -0.4 is 11.3 Å². The van der Waals surface area contributed by atoms with Crippen molar-refractivity contribution in [2.75, 3.05) is 0 Å². The number of nitrogens with one attached hydrogen (secondary N) is 1. The van der Waals surface area contributed by atoms with Crippen LogP contribution in [0.25, 0.3) is 0 Å². The molecule has 21 heavy (non-hydrogen) atoms. The Morgan fingerprint density at radius 1 is 1.38 bits per heavy atom. The fourth-order valence-corrected chi connectivity index (χ4v) is 3.60. The number of ether oxygens (including phenoxy) is 1. The average molecular weight is 302 g/mol. The van der Waals surface area contributed by atoms with Crippen LogP contribution in [0.5, 0.6) is 0 Å². The number of amides is 1. The monoisotopic (exact) mass is 302 g/mol.